The van der Waals surface area contributed by atoms with Gasteiger partial charge in [0.15, 0.2) is 0 Å². The van der Waals surface area contributed by atoms with E-state index < -0.39 is 0 Å². The number of carbonyl (C=O) groups is 2. The van der Waals surface area contributed by atoms with Crippen LogP contribution in [0.15, 0.2) is 53.4 Å². The van der Waals surface area contributed by atoms with Crippen LogP contribution in [0, 0.1) is 0 Å². The monoisotopic (exact) mass is 399 g/mol. The lowest BCUT2D eigenvalue weighted by molar-refractivity contribution is -0.119. The fourth-order valence-electron chi connectivity index (χ4n) is 2.93. The van der Waals surface area contributed by atoms with Crippen LogP contribution < -0.4 is 10.6 Å². The minimum Gasteiger partial charge on any atom is -0.325 e. The molecule has 1 atom stereocenters. The Morgan fingerprint density at radius 1 is 0.964 bits per heavy atom. The highest BCUT2D eigenvalue weighted by Crippen LogP contribution is 2.26. The number of rotatable bonds is 9. The first-order chi connectivity index (χ1) is 13.4. The van der Waals surface area contributed by atoms with Crippen LogP contribution in [0.5, 0.6) is 0 Å². The van der Waals surface area contributed by atoms with Crippen molar-refractivity contribution in [3.63, 3.8) is 0 Å². The topological polar surface area (TPSA) is 61.4 Å². The lowest BCUT2D eigenvalue weighted by Gasteiger charge is -2.19. The number of benzene rings is 2. The Labute approximate surface area is 171 Å². The largest absolute Gasteiger partial charge is 0.325 e. The summed E-state index contributed by atoms with van der Waals surface area (Å²) in [5.74, 6) is 0.101. The molecule has 0 radical (unpaired) electrons. The van der Waals surface area contributed by atoms with Gasteiger partial charge in [-0.05, 0) is 49.4 Å². The van der Waals surface area contributed by atoms with Gasteiger partial charge in [0, 0.05) is 10.6 Å². The number of hydrogen-bond donors (Lipinski definition) is 2. The van der Waals surface area contributed by atoms with E-state index in [1.54, 1.807) is 23.7 Å². The quantitative estimate of drug-likeness (QED) is 0.612. The van der Waals surface area contributed by atoms with Gasteiger partial charge >= 0.3 is 0 Å². The summed E-state index contributed by atoms with van der Waals surface area (Å²) in [5.41, 5.74) is 2.77. The molecular formula is C22H29N3O2S. The third-order valence-corrected chi connectivity index (χ3v) is 5.38. The van der Waals surface area contributed by atoms with Crippen LogP contribution in [0.4, 0.5) is 11.4 Å². The summed E-state index contributed by atoms with van der Waals surface area (Å²) in [6.45, 7) is 4.56. The number of likely N-dealkylation sites (N-methyl/N-ethyl adjacent to an activating group) is 1. The van der Waals surface area contributed by atoms with Crippen LogP contribution in [0.25, 0.3) is 0 Å². The zero-order valence-electron chi connectivity index (χ0n) is 17.0. The molecule has 0 aromatic heterocycles. The smallest absolute Gasteiger partial charge is 0.238 e. The number of hydrogen-bond acceptors (Lipinski definition) is 4. The summed E-state index contributed by atoms with van der Waals surface area (Å²) in [6, 6.07) is 15.5. The third-order valence-electron chi connectivity index (χ3n) is 4.59. The zero-order valence-corrected chi connectivity index (χ0v) is 17.8. The molecule has 0 unspecified atom stereocenters. The number of para-hydroxylation sites is 2. The molecule has 28 heavy (non-hydrogen) atoms. The molecule has 5 nitrogen and oxygen atoms in total. The fourth-order valence-corrected chi connectivity index (χ4v) is 3.49. The SMILES string of the molecule is CC[C@H](C)c1ccccc1NC(=O)CN(C)CC(=O)Nc1ccccc1SC. The standard InChI is InChI=1S/C22H29N3O2S/c1-5-16(2)17-10-6-7-11-18(17)23-21(26)14-25(3)15-22(27)24-19-12-8-9-13-20(19)28-4/h6-13,16H,5,14-15H2,1-4H3,(H,23,26)(H,24,27)/t16-/m0/s1. The molecule has 150 valence electrons. The Morgan fingerprint density at radius 3 is 2.11 bits per heavy atom. The van der Waals surface area contributed by atoms with E-state index in [9.17, 15) is 9.59 Å². The molecule has 0 saturated carbocycles. The van der Waals surface area contributed by atoms with Crippen molar-refractivity contribution in [1.82, 2.24) is 4.90 Å². The molecular weight excluding hydrogens is 370 g/mol. The lowest BCUT2D eigenvalue weighted by Crippen LogP contribution is -2.36. The minimum absolute atomic E-state index is 0.129. The Hall–Kier alpha value is -2.31. The lowest BCUT2D eigenvalue weighted by atomic mass is 9.97. The number of nitrogens with one attached hydrogen (secondary N) is 2. The van der Waals surface area contributed by atoms with Crippen molar-refractivity contribution >= 4 is 35.0 Å². The number of carbonyl (C=O) groups excluding carboxylic acids is 2. The van der Waals surface area contributed by atoms with Gasteiger partial charge in [-0.1, -0.05) is 44.2 Å². The highest BCUT2D eigenvalue weighted by molar-refractivity contribution is 7.98. The molecule has 0 fully saturated rings. The Balaban J connectivity index is 1.90. The number of thioether (sulfide) groups is 1. The van der Waals surface area contributed by atoms with Gasteiger partial charge in [0.25, 0.3) is 0 Å². The predicted octanol–water partition coefficient (Wildman–Crippen LogP) is 4.43. The predicted molar refractivity (Wildman–Crippen MR) is 118 cm³/mol. The highest BCUT2D eigenvalue weighted by atomic mass is 32.2. The van der Waals surface area contributed by atoms with Crippen LogP contribution in [-0.4, -0.2) is 43.1 Å². The Kier molecular flexibility index (Phi) is 8.54. The van der Waals surface area contributed by atoms with Gasteiger partial charge in [0.1, 0.15) is 0 Å². The first-order valence-corrected chi connectivity index (χ1v) is 10.7. The average molecular weight is 400 g/mol. The van der Waals surface area contributed by atoms with E-state index in [0.29, 0.717) is 5.92 Å². The summed E-state index contributed by atoms with van der Waals surface area (Å²) in [7, 11) is 1.76. The number of anilines is 2. The van der Waals surface area contributed by atoms with E-state index in [2.05, 4.69) is 24.5 Å². The van der Waals surface area contributed by atoms with Crippen molar-refractivity contribution in [2.45, 2.75) is 31.1 Å². The summed E-state index contributed by atoms with van der Waals surface area (Å²) >= 11 is 1.58. The van der Waals surface area contributed by atoms with E-state index in [0.717, 1.165) is 28.3 Å². The third kappa shape index (κ3) is 6.39. The van der Waals surface area contributed by atoms with Crippen LogP contribution in [0.3, 0.4) is 0 Å². The molecule has 0 aliphatic rings. The second kappa shape index (κ2) is 10.9. The van der Waals surface area contributed by atoms with Crippen molar-refractivity contribution in [2.24, 2.45) is 0 Å². The molecule has 0 aliphatic heterocycles. The summed E-state index contributed by atoms with van der Waals surface area (Å²) in [4.78, 5) is 27.5. The second-order valence-electron chi connectivity index (χ2n) is 6.87. The number of amides is 2. The van der Waals surface area contributed by atoms with Crippen molar-refractivity contribution in [2.75, 3.05) is 37.0 Å². The molecule has 2 amide bonds. The van der Waals surface area contributed by atoms with E-state index >= 15 is 0 Å². The zero-order chi connectivity index (χ0) is 20.5. The van der Waals surface area contributed by atoms with Crippen LogP contribution >= 0.6 is 11.8 Å². The van der Waals surface area contributed by atoms with Crippen LogP contribution in [0.1, 0.15) is 31.7 Å². The molecule has 6 heteroatoms. The minimum atomic E-state index is -0.142. The Morgan fingerprint density at radius 2 is 1.50 bits per heavy atom. The summed E-state index contributed by atoms with van der Waals surface area (Å²) in [5, 5.41) is 5.90. The van der Waals surface area contributed by atoms with Crippen molar-refractivity contribution in [1.29, 1.82) is 0 Å². The maximum Gasteiger partial charge on any atom is 0.238 e. The van der Waals surface area contributed by atoms with Crippen LogP contribution in [-0.2, 0) is 9.59 Å². The molecule has 0 aliphatic carbocycles. The van der Waals surface area contributed by atoms with Gasteiger partial charge in [-0.15, -0.1) is 11.8 Å². The molecule has 0 saturated heterocycles. The Bertz CT molecular complexity index is 810. The maximum atomic E-state index is 12.4. The molecule has 2 rings (SSSR count). The van der Waals surface area contributed by atoms with Crippen molar-refractivity contribution in [3.05, 3.63) is 54.1 Å². The van der Waals surface area contributed by atoms with Gasteiger partial charge in [0.05, 0.1) is 18.8 Å². The van der Waals surface area contributed by atoms with E-state index in [4.69, 9.17) is 0 Å². The van der Waals surface area contributed by atoms with Crippen LogP contribution in [0.2, 0.25) is 0 Å². The van der Waals surface area contributed by atoms with Crippen molar-refractivity contribution in [3.8, 4) is 0 Å². The van der Waals surface area contributed by atoms with Crippen molar-refractivity contribution < 1.29 is 9.59 Å². The van der Waals surface area contributed by atoms with Gasteiger partial charge in [0.2, 0.25) is 11.8 Å². The second-order valence-corrected chi connectivity index (χ2v) is 7.71. The van der Waals surface area contributed by atoms with E-state index in [-0.39, 0.29) is 24.9 Å². The normalized spacial score (nSPS) is 11.9. The maximum absolute atomic E-state index is 12.4. The van der Waals surface area contributed by atoms with E-state index in [1.165, 1.54) is 0 Å². The molecule has 0 spiro atoms. The summed E-state index contributed by atoms with van der Waals surface area (Å²) < 4.78 is 0. The first-order valence-electron chi connectivity index (χ1n) is 9.44. The molecule has 0 bridgehead atoms. The van der Waals surface area contributed by atoms with E-state index in [1.807, 2.05) is 54.8 Å². The van der Waals surface area contributed by atoms with Gasteiger partial charge in [-0.2, -0.15) is 0 Å². The average Bonchev–Trinajstić information content (AvgIpc) is 2.67. The first kappa shape index (κ1) is 22.0. The van der Waals surface area contributed by atoms with Gasteiger partial charge < -0.3 is 10.6 Å². The molecule has 2 aromatic rings. The fraction of sp³-hybridized carbons (Fsp3) is 0.364. The van der Waals surface area contributed by atoms with Gasteiger partial charge in [-0.25, -0.2) is 0 Å². The molecule has 2 N–H and O–H groups in total. The number of nitrogens with zero attached hydrogens (tertiary/aromatic N) is 1. The highest BCUT2D eigenvalue weighted by Gasteiger charge is 2.14. The summed E-state index contributed by atoms with van der Waals surface area (Å²) in [6.07, 6.45) is 2.98. The molecule has 0 heterocycles. The molecule has 2 aromatic carbocycles. The van der Waals surface area contributed by atoms with Gasteiger partial charge in [-0.3, -0.25) is 14.5 Å².